The summed E-state index contributed by atoms with van der Waals surface area (Å²) in [6, 6.07) is 7.43. The lowest BCUT2D eigenvalue weighted by Gasteiger charge is -2.27. The van der Waals surface area contributed by atoms with Crippen LogP contribution in [0, 0.1) is 24.2 Å². The molecule has 0 saturated carbocycles. The quantitative estimate of drug-likeness (QED) is 0.763. The fourth-order valence-corrected chi connectivity index (χ4v) is 3.30. The number of Topliss-reactive ketones (excluding diaryl/α,β-unsaturated/α-hetero) is 1. The third-order valence-electron chi connectivity index (χ3n) is 4.28. The Morgan fingerprint density at radius 2 is 2.00 bits per heavy atom. The van der Waals surface area contributed by atoms with Gasteiger partial charge in [-0.25, -0.2) is 0 Å². The van der Waals surface area contributed by atoms with Crippen molar-refractivity contribution >= 4 is 5.78 Å². The van der Waals surface area contributed by atoms with Gasteiger partial charge in [0.05, 0.1) is 23.8 Å². The third-order valence-corrected chi connectivity index (χ3v) is 4.28. The summed E-state index contributed by atoms with van der Waals surface area (Å²) in [6.45, 7) is 1.90. The monoisotopic (exact) mass is 255 g/mol. The lowest BCUT2D eigenvalue weighted by molar-refractivity contribution is -0.0149. The van der Waals surface area contributed by atoms with Crippen LogP contribution in [-0.2, 0) is 4.74 Å². The Bertz CT molecular complexity index is 546. The van der Waals surface area contributed by atoms with E-state index in [-0.39, 0.29) is 23.9 Å². The molecule has 2 heterocycles. The molecule has 19 heavy (non-hydrogen) atoms. The van der Waals surface area contributed by atoms with Gasteiger partial charge in [-0.2, -0.15) is 5.26 Å². The van der Waals surface area contributed by atoms with Crippen LogP contribution in [0.15, 0.2) is 18.2 Å². The van der Waals surface area contributed by atoms with E-state index in [2.05, 4.69) is 6.07 Å². The molecule has 2 atom stereocenters. The van der Waals surface area contributed by atoms with Gasteiger partial charge in [0.2, 0.25) is 0 Å². The topological polar surface area (TPSA) is 50.1 Å². The molecule has 0 aromatic heterocycles. The number of fused-ring (bicyclic) bond motifs is 2. The highest BCUT2D eigenvalue weighted by Crippen LogP contribution is 2.37. The molecule has 3 heteroatoms. The zero-order chi connectivity index (χ0) is 13.4. The molecule has 2 aliphatic rings. The first-order valence-corrected chi connectivity index (χ1v) is 6.88. The molecule has 0 aliphatic carbocycles. The van der Waals surface area contributed by atoms with E-state index in [1.807, 2.05) is 6.92 Å². The molecule has 1 aromatic carbocycles. The van der Waals surface area contributed by atoms with Crippen molar-refractivity contribution in [2.24, 2.45) is 5.92 Å². The number of hydrogen-bond donors (Lipinski definition) is 0. The van der Waals surface area contributed by atoms with Gasteiger partial charge in [-0.15, -0.1) is 0 Å². The summed E-state index contributed by atoms with van der Waals surface area (Å²) in [6.07, 6.45) is 4.48. The zero-order valence-corrected chi connectivity index (χ0v) is 11.1. The lowest BCUT2D eigenvalue weighted by Crippen LogP contribution is -2.30. The van der Waals surface area contributed by atoms with E-state index in [1.54, 1.807) is 18.2 Å². The van der Waals surface area contributed by atoms with Crippen molar-refractivity contribution in [1.29, 1.82) is 5.26 Å². The van der Waals surface area contributed by atoms with Crippen LogP contribution in [0.2, 0.25) is 0 Å². The molecule has 2 bridgehead atoms. The highest BCUT2D eigenvalue weighted by molar-refractivity contribution is 5.99. The lowest BCUT2D eigenvalue weighted by atomic mass is 9.86. The van der Waals surface area contributed by atoms with Crippen LogP contribution in [0.5, 0.6) is 0 Å². The van der Waals surface area contributed by atoms with Crippen molar-refractivity contribution in [3.05, 3.63) is 34.9 Å². The number of aryl methyl sites for hydroxylation is 1. The van der Waals surface area contributed by atoms with E-state index < -0.39 is 0 Å². The number of nitriles is 1. The standard InChI is InChI=1S/C16H17NO2/c1-10-6-11(9-17)2-5-15(10)16(18)12-7-13-3-4-14(8-12)19-13/h2,5-6,12-14H,3-4,7-8H2,1H3. The third kappa shape index (κ3) is 2.29. The predicted molar refractivity (Wildman–Crippen MR) is 70.8 cm³/mol. The van der Waals surface area contributed by atoms with Crippen LogP contribution in [0.3, 0.4) is 0 Å². The van der Waals surface area contributed by atoms with Gasteiger partial charge >= 0.3 is 0 Å². The maximum absolute atomic E-state index is 12.6. The summed E-state index contributed by atoms with van der Waals surface area (Å²) < 4.78 is 5.78. The largest absolute Gasteiger partial charge is 0.375 e. The first-order chi connectivity index (χ1) is 9.17. The van der Waals surface area contributed by atoms with Gasteiger partial charge in [0.25, 0.3) is 0 Å². The second-order valence-corrected chi connectivity index (χ2v) is 5.63. The number of carbonyl (C=O) groups is 1. The minimum absolute atomic E-state index is 0.0953. The van der Waals surface area contributed by atoms with Crippen LogP contribution in [0.4, 0.5) is 0 Å². The zero-order valence-electron chi connectivity index (χ0n) is 11.1. The van der Waals surface area contributed by atoms with Crippen molar-refractivity contribution in [3.63, 3.8) is 0 Å². The Balaban J connectivity index is 1.82. The minimum Gasteiger partial charge on any atom is -0.375 e. The summed E-state index contributed by atoms with van der Waals surface area (Å²) in [7, 11) is 0. The van der Waals surface area contributed by atoms with Gasteiger partial charge in [0, 0.05) is 11.5 Å². The highest BCUT2D eigenvalue weighted by Gasteiger charge is 2.38. The molecular weight excluding hydrogens is 238 g/mol. The summed E-state index contributed by atoms with van der Waals surface area (Å²) in [5.41, 5.74) is 2.29. The van der Waals surface area contributed by atoms with E-state index in [1.165, 1.54) is 0 Å². The molecule has 0 N–H and O–H groups in total. The van der Waals surface area contributed by atoms with Gasteiger partial charge in [-0.1, -0.05) is 0 Å². The number of ether oxygens (including phenoxy) is 1. The molecule has 2 fully saturated rings. The molecule has 3 rings (SSSR count). The minimum atomic E-state index is 0.0953. The number of carbonyl (C=O) groups excluding carboxylic acids is 1. The molecule has 2 saturated heterocycles. The number of rotatable bonds is 2. The van der Waals surface area contributed by atoms with E-state index in [9.17, 15) is 4.79 Å². The van der Waals surface area contributed by atoms with Gasteiger partial charge < -0.3 is 4.74 Å². The highest BCUT2D eigenvalue weighted by atomic mass is 16.5. The van der Waals surface area contributed by atoms with Gasteiger partial charge in [0.15, 0.2) is 5.78 Å². The average Bonchev–Trinajstić information content (AvgIpc) is 2.76. The molecular formula is C16H17NO2. The summed E-state index contributed by atoms with van der Waals surface area (Å²) >= 11 is 0. The Morgan fingerprint density at radius 3 is 2.58 bits per heavy atom. The van der Waals surface area contributed by atoms with Crippen LogP contribution in [0.1, 0.15) is 47.2 Å². The summed E-state index contributed by atoms with van der Waals surface area (Å²) in [5, 5.41) is 8.87. The maximum atomic E-state index is 12.6. The van der Waals surface area contributed by atoms with E-state index in [4.69, 9.17) is 10.00 Å². The molecule has 3 nitrogen and oxygen atoms in total. The Morgan fingerprint density at radius 1 is 1.32 bits per heavy atom. The van der Waals surface area contributed by atoms with E-state index in [0.29, 0.717) is 5.56 Å². The van der Waals surface area contributed by atoms with Crippen molar-refractivity contribution < 1.29 is 9.53 Å². The Labute approximate surface area is 113 Å². The second kappa shape index (κ2) is 4.79. The Hall–Kier alpha value is -1.66. The van der Waals surface area contributed by atoms with Gasteiger partial charge in [-0.05, 0) is 56.4 Å². The van der Waals surface area contributed by atoms with E-state index >= 15 is 0 Å². The molecule has 1 aromatic rings. The smallest absolute Gasteiger partial charge is 0.166 e. The number of benzene rings is 1. The van der Waals surface area contributed by atoms with Crippen LogP contribution < -0.4 is 0 Å². The summed E-state index contributed by atoms with van der Waals surface area (Å²) in [4.78, 5) is 12.6. The number of nitrogens with zero attached hydrogens (tertiary/aromatic N) is 1. The molecule has 98 valence electrons. The fourth-order valence-electron chi connectivity index (χ4n) is 3.30. The Kier molecular flexibility index (Phi) is 3.12. The maximum Gasteiger partial charge on any atom is 0.166 e. The molecule has 2 aliphatic heterocycles. The fraction of sp³-hybridized carbons (Fsp3) is 0.500. The van der Waals surface area contributed by atoms with Crippen LogP contribution in [-0.4, -0.2) is 18.0 Å². The van der Waals surface area contributed by atoms with Gasteiger partial charge in [0.1, 0.15) is 0 Å². The van der Waals surface area contributed by atoms with E-state index in [0.717, 1.165) is 36.8 Å². The SMILES string of the molecule is Cc1cc(C#N)ccc1C(=O)C1CC2CCC(C1)O2. The first-order valence-electron chi connectivity index (χ1n) is 6.88. The second-order valence-electron chi connectivity index (χ2n) is 5.63. The van der Waals surface area contributed by atoms with Gasteiger partial charge in [-0.3, -0.25) is 4.79 Å². The molecule has 0 spiro atoms. The predicted octanol–water partition coefficient (Wildman–Crippen LogP) is 3.01. The van der Waals surface area contributed by atoms with Crippen molar-refractivity contribution in [2.45, 2.75) is 44.8 Å². The van der Waals surface area contributed by atoms with Crippen molar-refractivity contribution in [1.82, 2.24) is 0 Å². The molecule has 2 unspecified atom stereocenters. The molecule has 0 amide bonds. The van der Waals surface area contributed by atoms with Crippen molar-refractivity contribution in [3.8, 4) is 6.07 Å². The van der Waals surface area contributed by atoms with Crippen molar-refractivity contribution in [2.75, 3.05) is 0 Å². The normalized spacial score (nSPS) is 28.9. The average molecular weight is 255 g/mol. The first kappa shape index (κ1) is 12.4. The number of ketones is 1. The van der Waals surface area contributed by atoms with Crippen LogP contribution >= 0.6 is 0 Å². The van der Waals surface area contributed by atoms with Crippen LogP contribution in [0.25, 0.3) is 0 Å². The summed E-state index contributed by atoms with van der Waals surface area (Å²) in [5.74, 6) is 0.320. The molecule has 0 radical (unpaired) electrons. The number of hydrogen-bond acceptors (Lipinski definition) is 3.